The van der Waals surface area contributed by atoms with Crippen molar-refractivity contribution >= 4 is 42.6 Å². The van der Waals surface area contributed by atoms with Crippen molar-refractivity contribution < 1.29 is 23.5 Å². The number of carbonyl (C=O) groups is 2. The Morgan fingerprint density at radius 1 is 0.797 bits per heavy atom. The maximum atomic E-state index is 13.0. The van der Waals surface area contributed by atoms with Gasteiger partial charge in [-0.15, -0.1) is 0 Å². The van der Waals surface area contributed by atoms with Crippen molar-refractivity contribution in [3.05, 3.63) is 161 Å². The zero-order chi connectivity index (χ0) is 45.1. The molecule has 0 saturated carbocycles. The van der Waals surface area contributed by atoms with Crippen molar-refractivity contribution in [2.75, 3.05) is 36.8 Å². The molecule has 1 saturated heterocycles. The number of pyridine rings is 1. The average Bonchev–Trinajstić information content (AvgIpc) is 3.28. The Morgan fingerprint density at radius 3 is 2.20 bits per heavy atom. The number of aromatic amines is 1. The van der Waals surface area contributed by atoms with Gasteiger partial charge in [0.05, 0.1) is 17.3 Å². The number of piperidine rings is 1. The van der Waals surface area contributed by atoms with Crippen molar-refractivity contribution in [1.82, 2.24) is 15.2 Å². The zero-order valence-electron chi connectivity index (χ0n) is 37.6. The van der Waals surface area contributed by atoms with E-state index in [-0.39, 0.29) is 28.7 Å². The van der Waals surface area contributed by atoms with Crippen molar-refractivity contribution in [2.24, 2.45) is 0 Å². The van der Waals surface area contributed by atoms with Crippen LogP contribution in [0.25, 0.3) is 22.0 Å². The molecule has 0 bridgehead atoms. The summed E-state index contributed by atoms with van der Waals surface area (Å²) < 4.78 is 19.1. The van der Waals surface area contributed by atoms with Crippen molar-refractivity contribution in [2.45, 2.75) is 83.5 Å². The van der Waals surface area contributed by atoms with Gasteiger partial charge in [0.2, 0.25) is 11.5 Å². The molecule has 1 atom stereocenters. The monoisotopic (exact) mass is 879 g/mol. The molecule has 0 aliphatic carbocycles. The number of H-pyrrole nitrogens is 1. The van der Waals surface area contributed by atoms with Gasteiger partial charge >= 0.3 is 6.09 Å². The fourth-order valence-corrected chi connectivity index (χ4v) is 8.95. The lowest BCUT2D eigenvalue weighted by Crippen LogP contribution is -2.43. The minimum atomic E-state index is -2.23. The minimum Gasteiger partial charge on any atom is -0.487 e. The van der Waals surface area contributed by atoms with Crippen LogP contribution in [-0.4, -0.2) is 62.5 Å². The van der Waals surface area contributed by atoms with Crippen LogP contribution >= 0.6 is 0 Å². The average molecular weight is 880 g/mol. The van der Waals surface area contributed by atoms with Crippen LogP contribution in [0.2, 0.25) is 18.1 Å². The molecule has 0 unspecified atom stereocenters. The number of para-hydroxylation sites is 1. The molecule has 334 valence electrons. The van der Waals surface area contributed by atoms with E-state index in [1.54, 1.807) is 6.07 Å². The highest BCUT2D eigenvalue weighted by Crippen LogP contribution is 2.41. The first-order chi connectivity index (χ1) is 30.8. The maximum absolute atomic E-state index is 13.0. The van der Waals surface area contributed by atoms with E-state index in [1.807, 2.05) is 121 Å². The number of benzene rings is 5. The predicted molar refractivity (Wildman–Crippen MR) is 259 cm³/mol. The van der Waals surface area contributed by atoms with Gasteiger partial charge < -0.3 is 34.4 Å². The molecular formula is C52H61N5O6Si. The molecule has 1 fully saturated rings. The Bertz CT molecular complexity index is 2530. The quantitative estimate of drug-likeness (QED) is 0.0666. The number of rotatable bonds is 17. The highest BCUT2D eigenvalue weighted by molar-refractivity contribution is 6.74. The van der Waals surface area contributed by atoms with Gasteiger partial charge in [-0.05, 0) is 83.6 Å². The van der Waals surface area contributed by atoms with E-state index in [0.717, 1.165) is 52.0 Å². The van der Waals surface area contributed by atoms with Gasteiger partial charge in [0.1, 0.15) is 18.5 Å². The Hall–Kier alpha value is -6.05. The molecule has 0 spiro atoms. The number of nitrogens with one attached hydrogen (secondary N) is 4. The van der Waals surface area contributed by atoms with Crippen molar-refractivity contribution in [3.8, 4) is 16.9 Å². The molecule has 2 heterocycles. The summed E-state index contributed by atoms with van der Waals surface area (Å²) in [7, 11) is -2.23. The Labute approximate surface area is 377 Å². The standard InChI is InChI=1S/C52H61N5O6Si/c1-52(2,3)64(4,5)63-47(43-24-26-46(50-44(43)25-27-48(58)56-50)61-36-38-14-8-6-9-15-38)35-53-34-37-20-22-40(23-21-37)54-49(59)30-33-57-31-28-41(29-32-57)62-51(60)55-45-19-13-12-18-42(45)39-16-10-7-11-17-39/h6-27,41,47,53H,28-36H2,1-5H3,(H,54,59)(H,55,60)(H,56,58)/t47-/m1/s1. The number of hydrogen-bond acceptors (Lipinski definition) is 8. The molecule has 1 aromatic heterocycles. The van der Waals surface area contributed by atoms with Crippen LogP contribution in [0.4, 0.5) is 16.2 Å². The highest BCUT2D eigenvalue weighted by atomic mass is 28.4. The molecule has 64 heavy (non-hydrogen) atoms. The second kappa shape index (κ2) is 21.1. The Kier molecular flexibility index (Phi) is 15.1. The molecule has 6 aromatic rings. The second-order valence-corrected chi connectivity index (χ2v) is 22.8. The number of hydrogen-bond donors (Lipinski definition) is 4. The number of anilines is 2. The lowest BCUT2D eigenvalue weighted by molar-refractivity contribution is -0.116. The van der Waals surface area contributed by atoms with Crippen LogP contribution in [0.5, 0.6) is 5.75 Å². The van der Waals surface area contributed by atoms with Gasteiger partial charge in [0, 0.05) is 61.8 Å². The molecular weight excluding hydrogens is 819 g/mol. The summed E-state index contributed by atoms with van der Waals surface area (Å²) in [5.74, 6) is 0.568. The third kappa shape index (κ3) is 12.4. The fraction of sp³-hybridized carbons (Fsp3) is 0.327. The molecule has 11 nitrogen and oxygen atoms in total. The molecule has 5 aromatic carbocycles. The summed E-state index contributed by atoms with van der Waals surface area (Å²) in [6, 6.07) is 42.9. The Balaban J connectivity index is 0.886. The summed E-state index contributed by atoms with van der Waals surface area (Å²) in [6.07, 6.45) is 0.861. The van der Waals surface area contributed by atoms with Crippen LogP contribution < -0.4 is 26.2 Å². The van der Waals surface area contributed by atoms with E-state index in [9.17, 15) is 14.4 Å². The SMILES string of the molecule is CC(C)(C)[Si](C)(C)O[C@H](CNCc1ccc(NC(=O)CCN2CCC(OC(=O)Nc3ccccc3-c3ccccc3)CC2)cc1)c1ccc(OCc2ccccc2)c2[nH]c(=O)ccc12. The van der Waals surface area contributed by atoms with E-state index in [1.165, 1.54) is 0 Å². The van der Waals surface area contributed by atoms with E-state index >= 15 is 0 Å². The van der Waals surface area contributed by atoms with Crippen LogP contribution in [-0.2, 0) is 27.1 Å². The van der Waals surface area contributed by atoms with E-state index in [0.29, 0.717) is 62.5 Å². The third-order valence-electron chi connectivity index (χ3n) is 12.3. The van der Waals surface area contributed by atoms with Crippen molar-refractivity contribution in [1.29, 1.82) is 0 Å². The van der Waals surface area contributed by atoms with Crippen LogP contribution in [0, 0.1) is 0 Å². The van der Waals surface area contributed by atoms with E-state index in [2.05, 4.69) is 65.8 Å². The molecule has 2 amide bonds. The third-order valence-corrected chi connectivity index (χ3v) is 16.8. The van der Waals surface area contributed by atoms with E-state index < -0.39 is 14.4 Å². The maximum Gasteiger partial charge on any atom is 0.411 e. The smallest absolute Gasteiger partial charge is 0.411 e. The largest absolute Gasteiger partial charge is 0.487 e. The molecule has 0 radical (unpaired) electrons. The summed E-state index contributed by atoms with van der Waals surface area (Å²) in [5, 5.41) is 10.5. The summed E-state index contributed by atoms with van der Waals surface area (Å²) >= 11 is 0. The summed E-state index contributed by atoms with van der Waals surface area (Å²) in [4.78, 5) is 43.7. The predicted octanol–water partition coefficient (Wildman–Crippen LogP) is 10.7. The normalized spacial score (nSPS) is 14.2. The topological polar surface area (TPSA) is 134 Å². The first-order valence-corrected chi connectivity index (χ1v) is 25.2. The first-order valence-electron chi connectivity index (χ1n) is 22.3. The minimum absolute atomic E-state index is 0.0168. The van der Waals surface area contributed by atoms with Gasteiger partial charge in [0.15, 0.2) is 8.32 Å². The van der Waals surface area contributed by atoms with Gasteiger partial charge in [-0.25, -0.2) is 4.79 Å². The van der Waals surface area contributed by atoms with E-state index in [4.69, 9.17) is 13.9 Å². The number of nitrogens with zero attached hydrogens (tertiary/aromatic N) is 1. The molecule has 1 aliphatic rings. The highest BCUT2D eigenvalue weighted by Gasteiger charge is 2.40. The van der Waals surface area contributed by atoms with Gasteiger partial charge in [-0.2, -0.15) is 0 Å². The molecule has 12 heteroatoms. The molecule has 4 N–H and O–H groups in total. The number of fused-ring (bicyclic) bond motifs is 1. The molecule has 7 rings (SSSR count). The number of likely N-dealkylation sites (tertiary alicyclic amines) is 1. The number of ether oxygens (including phenoxy) is 2. The van der Waals surface area contributed by atoms with Gasteiger partial charge in [0.25, 0.3) is 0 Å². The second-order valence-electron chi connectivity index (χ2n) is 18.0. The molecule has 1 aliphatic heterocycles. The fourth-order valence-electron chi connectivity index (χ4n) is 7.67. The lowest BCUT2D eigenvalue weighted by atomic mass is 10.0. The zero-order valence-corrected chi connectivity index (χ0v) is 38.6. The van der Waals surface area contributed by atoms with Gasteiger partial charge in [-0.1, -0.05) is 118 Å². The summed E-state index contributed by atoms with van der Waals surface area (Å²) in [6.45, 7) is 14.9. The number of carbonyl (C=O) groups excluding carboxylic acids is 2. The van der Waals surface area contributed by atoms with Crippen LogP contribution in [0.3, 0.4) is 0 Å². The van der Waals surface area contributed by atoms with Crippen LogP contribution in [0.15, 0.2) is 138 Å². The van der Waals surface area contributed by atoms with Crippen molar-refractivity contribution in [3.63, 3.8) is 0 Å². The lowest BCUT2D eigenvalue weighted by Gasteiger charge is -2.39. The number of aromatic nitrogens is 1. The number of amides is 2. The Morgan fingerprint density at radius 2 is 1.48 bits per heavy atom. The first kappa shape index (κ1) is 46.0. The van der Waals surface area contributed by atoms with Gasteiger partial charge in [-0.3, -0.25) is 14.9 Å². The van der Waals surface area contributed by atoms with Crippen LogP contribution in [0.1, 0.15) is 62.8 Å². The summed E-state index contributed by atoms with van der Waals surface area (Å²) in [5.41, 5.74) is 6.97.